The third-order valence-corrected chi connectivity index (χ3v) is 6.09. The number of rotatable bonds is 16. The van der Waals surface area contributed by atoms with Crippen molar-refractivity contribution in [2.75, 3.05) is 26.4 Å². The zero-order valence-electron chi connectivity index (χ0n) is 24.9. The number of pyridine rings is 1. The molecular formula is C37H37NO6. The molecule has 0 spiro atoms. The van der Waals surface area contributed by atoms with Gasteiger partial charge in [0, 0.05) is 35.0 Å². The van der Waals surface area contributed by atoms with Gasteiger partial charge in [-0.05, 0) is 105 Å². The van der Waals surface area contributed by atoms with Gasteiger partial charge in [0.25, 0.3) is 0 Å². The molecule has 0 saturated heterocycles. The van der Waals surface area contributed by atoms with E-state index < -0.39 is 0 Å². The molecule has 0 saturated carbocycles. The summed E-state index contributed by atoms with van der Waals surface area (Å²) < 4.78 is 21.4. The van der Waals surface area contributed by atoms with E-state index >= 15 is 0 Å². The molecule has 0 fully saturated rings. The Morgan fingerprint density at radius 2 is 1.00 bits per heavy atom. The lowest BCUT2D eigenvalue weighted by Gasteiger charge is -2.06. The highest BCUT2D eigenvalue weighted by molar-refractivity contribution is 5.81. The highest BCUT2D eigenvalue weighted by atomic mass is 16.5. The van der Waals surface area contributed by atoms with E-state index in [0.29, 0.717) is 32.1 Å². The van der Waals surface area contributed by atoms with E-state index in [1.165, 1.54) is 12.2 Å². The molecule has 44 heavy (non-hydrogen) atoms. The van der Waals surface area contributed by atoms with Gasteiger partial charge < -0.3 is 18.9 Å². The first-order valence-electron chi connectivity index (χ1n) is 14.6. The normalized spacial score (nSPS) is 9.82. The number of aromatic nitrogens is 1. The highest BCUT2D eigenvalue weighted by Gasteiger charge is 1.99. The average molecular weight is 592 g/mol. The van der Waals surface area contributed by atoms with Gasteiger partial charge in [-0.2, -0.15) is 0 Å². The van der Waals surface area contributed by atoms with Gasteiger partial charge in [-0.15, -0.1) is 0 Å². The van der Waals surface area contributed by atoms with Crippen LogP contribution in [0.1, 0.15) is 60.9 Å². The number of benzene rings is 2. The molecule has 2 aromatic carbocycles. The monoisotopic (exact) mass is 591 g/mol. The van der Waals surface area contributed by atoms with E-state index in [1.807, 2.05) is 60.7 Å². The Bertz CT molecular complexity index is 1360. The second kappa shape index (κ2) is 19.8. The number of carbonyl (C=O) groups excluding carboxylic acids is 2. The van der Waals surface area contributed by atoms with Gasteiger partial charge in [-0.3, -0.25) is 0 Å². The Kier molecular flexibility index (Phi) is 14.9. The summed E-state index contributed by atoms with van der Waals surface area (Å²) >= 11 is 0. The Morgan fingerprint density at radius 1 is 0.568 bits per heavy atom. The van der Waals surface area contributed by atoms with E-state index in [9.17, 15) is 9.59 Å². The van der Waals surface area contributed by atoms with Crippen LogP contribution in [0.5, 0.6) is 11.5 Å². The van der Waals surface area contributed by atoms with Gasteiger partial charge in [-0.25, -0.2) is 14.6 Å². The van der Waals surface area contributed by atoms with Crippen molar-refractivity contribution in [3.05, 3.63) is 115 Å². The van der Waals surface area contributed by atoms with Crippen molar-refractivity contribution in [2.45, 2.75) is 38.5 Å². The number of nitrogens with zero attached hydrogens (tertiary/aromatic N) is 1. The maximum Gasteiger partial charge on any atom is 0.330 e. The summed E-state index contributed by atoms with van der Waals surface area (Å²) in [6.45, 7) is 8.74. The van der Waals surface area contributed by atoms with Crippen LogP contribution in [-0.2, 0) is 19.1 Å². The number of hydrogen-bond acceptors (Lipinski definition) is 7. The minimum absolute atomic E-state index is 0.388. The topological polar surface area (TPSA) is 84.0 Å². The van der Waals surface area contributed by atoms with Crippen LogP contribution in [0.4, 0.5) is 0 Å². The van der Waals surface area contributed by atoms with Gasteiger partial charge in [0.1, 0.15) is 17.2 Å². The zero-order valence-corrected chi connectivity index (χ0v) is 24.9. The highest BCUT2D eigenvalue weighted by Crippen LogP contribution is 2.14. The first-order valence-corrected chi connectivity index (χ1v) is 14.6. The molecule has 0 aliphatic heterocycles. The van der Waals surface area contributed by atoms with Crippen LogP contribution in [0.3, 0.4) is 0 Å². The van der Waals surface area contributed by atoms with E-state index in [-0.39, 0.29) is 11.9 Å². The molecule has 0 N–H and O–H groups in total. The first-order chi connectivity index (χ1) is 21.6. The summed E-state index contributed by atoms with van der Waals surface area (Å²) in [6, 6.07) is 19.0. The molecule has 0 bridgehead atoms. The first kappa shape index (κ1) is 33.2. The van der Waals surface area contributed by atoms with Crippen LogP contribution in [0.2, 0.25) is 0 Å². The largest absolute Gasteiger partial charge is 0.494 e. The second-order valence-electron chi connectivity index (χ2n) is 9.54. The Hall–Kier alpha value is -5.27. The fourth-order valence-electron chi connectivity index (χ4n) is 3.70. The summed E-state index contributed by atoms with van der Waals surface area (Å²) in [6.07, 6.45) is 9.23. The van der Waals surface area contributed by atoms with Crippen LogP contribution >= 0.6 is 0 Å². The van der Waals surface area contributed by atoms with E-state index in [1.54, 1.807) is 6.20 Å². The number of carbonyl (C=O) groups is 2. The quantitative estimate of drug-likeness (QED) is 0.0821. The lowest BCUT2D eigenvalue weighted by molar-refractivity contribution is -0.138. The summed E-state index contributed by atoms with van der Waals surface area (Å²) in [5.41, 5.74) is 3.21. The molecule has 1 aromatic heterocycles. The number of hydrogen-bond donors (Lipinski definition) is 0. The maximum absolute atomic E-state index is 11.0. The van der Waals surface area contributed by atoms with Gasteiger partial charge in [-0.1, -0.05) is 30.9 Å². The minimum atomic E-state index is -0.389. The standard InChI is InChI=1S/C37H37NO6/c1-3-36(39)43-27-9-5-7-25-41-34-21-15-30(16-22-34)11-12-32-14-20-33(38-29-32)19-13-31-17-23-35(24-18-31)42-26-8-6-10-28-44-37(40)4-2/h3-4,14-18,20-24,29H,1-2,5-10,25-28H2. The fraction of sp³-hybridized carbons (Fsp3) is 0.270. The third kappa shape index (κ3) is 13.6. The number of esters is 2. The Labute approximate surface area is 259 Å². The van der Waals surface area contributed by atoms with Crippen LogP contribution < -0.4 is 9.47 Å². The molecule has 1 heterocycles. The van der Waals surface area contributed by atoms with Gasteiger partial charge >= 0.3 is 11.9 Å². The molecule has 0 radical (unpaired) electrons. The van der Waals surface area contributed by atoms with E-state index in [4.69, 9.17) is 18.9 Å². The van der Waals surface area contributed by atoms with Crippen molar-refractivity contribution >= 4 is 11.9 Å². The van der Waals surface area contributed by atoms with Crippen LogP contribution in [0, 0.1) is 23.7 Å². The molecule has 0 aliphatic rings. The van der Waals surface area contributed by atoms with Crippen molar-refractivity contribution in [2.24, 2.45) is 0 Å². The predicted octanol–water partition coefficient (Wildman–Crippen LogP) is 6.44. The van der Waals surface area contributed by atoms with Gasteiger partial charge in [0.15, 0.2) is 0 Å². The molecule has 226 valence electrons. The molecule has 0 aliphatic carbocycles. The molecule has 0 unspecified atom stereocenters. The zero-order chi connectivity index (χ0) is 31.2. The summed E-state index contributed by atoms with van der Waals surface area (Å²) in [7, 11) is 0. The van der Waals surface area contributed by atoms with Crippen molar-refractivity contribution < 1.29 is 28.5 Å². The van der Waals surface area contributed by atoms with Gasteiger partial charge in [0.2, 0.25) is 0 Å². The van der Waals surface area contributed by atoms with Crippen LogP contribution in [0.15, 0.2) is 92.2 Å². The average Bonchev–Trinajstić information content (AvgIpc) is 3.06. The number of ether oxygens (including phenoxy) is 4. The number of unbranched alkanes of at least 4 members (excludes halogenated alkanes) is 4. The molecule has 7 heteroatoms. The Morgan fingerprint density at radius 3 is 1.45 bits per heavy atom. The molecule has 0 amide bonds. The third-order valence-electron chi connectivity index (χ3n) is 6.09. The SMILES string of the molecule is C=CC(=O)OCCCCCOc1ccc(C#Cc2ccc(C#Cc3ccc(OCCCCCOC(=O)C=C)cc3)nc2)cc1. The predicted molar refractivity (Wildman–Crippen MR) is 170 cm³/mol. The van der Waals surface area contributed by atoms with Crippen molar-refractivity contribution in [3.63, 3.8) is 0 Å². The minimum Gasteiger partial charge on any atom is -0.494 e. The van der Waals surface area contributed by atoms with Crippen molar-refractivity contribution in [1.29, 1.82) is 0 Å². The van der Waals surface area contributed by atoms with Crippen molar-refractivity contribution in [1.82, 2.24) is 4.98 Å². The van der Waals surface area contributed by atoms with E-state index in [0.717, 1.165) is 66.7 Å². The molecule has 3 rings (SSSR count). The summed E-state index contributed by atoms with van der Waals surface area (Å²) in [4.78, 5) is 26.4. The molecule has 7 nitrogen and oxygen atoms in total. The lowest BCUT2D eigenvalue weighted by Crippen LogP contribution is -2.03. The summed E-state index contributed by atoms with van der Waals surface area (Å²) in [5.74, 6) is 13.3. The molecular weight excluding hydrogens is 554 g/mol. The van der Waals surface area contributed by atoms with Crippen molar-refractivity contribution in [3.8, 4) is 35.2 Å². The fourth-order valence-corrected chi connectivity index (χ4v) is 3.70. The van der Waals surface area contributed by atoms with Crippen LogP contribution in [-0.4, -0.2) is 43.4 Å². The van der Waals surface area contributed by atoms with Crippen LogP contribution in [0.25, 0.3) is 0 Å². The maximum atomic E-state index is 11.0. The van der Waals surface area contributed by atoms with Gasteiger partial charge in [0.05, 0.1) is 26.4 Å². The smallest absolute Gasteiger partial charge is 0.330 e. The summed E-state index contributed by atoms with van der Waals surface area (Å²) in [5, 5.41) is 0. The van der Waals surface area contributed by atoms with E-state index in [2.05, 4.69) is 41.8 Å². The lowest BCUT2D eigenvalue weighted by atomic mass is 10.2. The second-order valence-corrected chi connectivity index (χ2v) is 9.54. The molecule has 3 aromatic rings. The Balaban J connectivity index is 1.35. The molecule has 0 atom stereocenters.